The maximum Gasteiger partial charge on any atom is 0.124 e. The van der Waals surface area contributed by atoms with Crippen molar-refractivity contribution in [2.75, 3.05) is 0 Å². The normalized spacial score (nSPS) is 18.6. The highest BCUT2D eigenvalue weighted by molar-refractivity contribution is 7.88. The van der Waals surface area contributed by atoms with Crippen LogP contribution in [0.25, 0.3) is 0 Å². The molecule has 0 saturated heterocycles. The predicted octanol–water partition coefficient (Wildman–Crippen LogP) is 1.53. The molecule has 3 nitrogen and oxygen atoms in total. The van der Waals surface area contributed by atoms with Gasteiger partial charge in [0.2, 0.25) is 0 Å². The standard InChI is InChI=1S/C8H12O3S/c9-12(10,11)7-6-8-4-2-1-3-5-8/h7H,1-5H2,(H,9,10,11)/p-1. The molecule has 12 heavy (non-hydrogen) atoms. The van der Waals surface area contributed by atoms with E-state index in [2.05, 4.69) is 5.73 Å². The Morgan fingerprint density at radius 1 is 1.25 bits per heavy atom. The Bertz CT molecular complexity index is 299. The molecule has 1 rings (SSSR count). The van der Waals surface area contributed by atoms with Crippen molar-refractivity contribution in [1.29, 1.82) is 0 Å². The Hall–Kier alpha value is -0.570. The third kappa shape index (κ3) is 3.72. The zero-order chi connectivity index (χ0) is 9.03. The first-order valence-electron chi connectivity index (χ1n) is 3.98. The summed E-state index contributed by atoms with van der Waals surface area (Å²) >= 11 is 0. The third-order valence-corrected chi connectivity index (χ3v) is 2.27. The van der Waals surface area contributed by atoms with Crippen LogP contribution in [-0.2, 0) is 10.1 Å². The molecule has 0 aliphatic heterocycles. The molecular formula is C8H11O3S-. The van der Waals surface area contributed by atoms with E-state index in [1.165, 1.54) is 6.42 Å². The van der Waals surface area contributed by atoms with Gasteiger partial charge in [0, 0.05) is 0 Å². The maximum atomic E-state index is 10.2. The van der Waals surface area contributed by atoms with Gasteiger partial charge in [0.05, 0.1) is 5.41 Å². The smallest absolute Gasteiger partial charge is 0.124 e. The summed E-state index contributed by atoms with van der Waals surface area (Å²) in [4.78, 5) is 0. The van der Waals surface area contributed by atoms with Crippen molar-refractivity contribution in [3.8, 4) is 0 Å². The van der Waals surface area contributed by atoms with Gasteiger partial charge in [-0.15, -0.1) is 5.73 Å². The van der Waals surface area contributed by atoms with E-state index in [-0.39, 0.29) is 0 Å². The molecule has 68 valence electrons. The van der Waals surface area contributed by atoms with E-state index in [1.807, 2.05) is 0 Å². The Kier molecular flexibility index (Phi) is 3.09. The minimum absolute atomic E-state index is 0.633. The van der Waals surface area contributed by atoms with E-state index >= 15 is 0 Å². The van der Waals surface area contributed by atoms with Crippen molar-refractivity contribution in [1.82, 2.24) is 0 Å². The molecule has 0 radical (unpaired) electrons. The highest BCUT2D eigenvalue weighted by Gasteiger charge is 2.03. The van der Waals surface area contributed by atoms with Crippen molar-refractivity contribution < 1.29 is 13.0 Å². The fraction of sp³-hybridized carbons (Fsp3) is 0.625. The quantitative estimate of drug-likeness (QED) is 0.462. The van der Waals surface area contributed by atoms with E-state index in [1.54, 1.807) is 0 Å². The molecule has 1 aliphatic rings. The second kappa shape index (κ2) is 3.90. The predicted molar refractivity (Wildman–Crippen MR) is 44.4 cm³/mol. The van der Waals surface area contributed by atoms with E-state index in [0.717, 1.165) is 31.3 Å². The molecule has 4 heteroatoms. The van der Waals surface area contributed by atoms with Gasteiger partial charge in [-0.1, -0.05) is 6.42 Å². The van der Waals surface area contributed by atoms with Gasteiger partial charge in [-0.05, 0) is 31.3 Å². The van der Waals surface area contributed by atoms with Crippen LogP contribution in [0.5, 0.6) is 0 Å². The molecule has 0 aromatic rings. The number of hydrogen-bond donors (Lipinski definition) is 0. The van der Waals surface area contributed by atoms with Crippen molar-refractivity contribution in [2.45, 2.75) is 32.1 Å². The number of hydrogen-bond acceptors (Lipinski definition) is 3. The van der Waals surface area contributed by atoms with Crippen LogP contribution in [0.2, 0.25) is 0 Å². The van der Waals surface area contributed by atoms with Crippen molar-refractivity contribution in [3.63, 3.8) is 0 Å². The molecule has 0 bridgehead atoms. The van der Waals surface area contributed by atoms with Gasteiger partial charge in [-0.25, -0.2) is 8.42 Å². The lowest BCUT2D eigenvalue weighted by molar-refractivity contribution is 0.474. The van der Waals surface area contributed by atoms with Gasteiger partial charge in [0.1, 0.15) is 10.1 Å². The lowest BCUT2D eigenvalue weighted by atomic mass is 9.96. The van der Waals surface area contributed by atoms with Gasteiger partial charge < -0.3 is 4.55 Å². The van der Waals surface area contributed by atoms with Gasteiger partial charge in [-0.2, -0.15) is 0 Å². The van der Waals surface area contributed by atoms with E-state index in [9.17, 15) is 13.0 Å². The Morgan fingerprint density at radius 3 is 2.33 bits per heavy atom. The molecule has 0 aromatic carbocycles. The lowest BCUT2D eigenvalue weighted by Gasteiger charge is -2.10. The Balaban J connectivity index is 2.73. The summed E-state index contributed by atoms with van der Waals surface area (Å²) in [5.41, 5.74) is 3.51. The van der Waals surface area contributed by atoms with Gasteiger partial charge in [0.25, 0.3) is 0 Å². The third-order valence-electron chi connectivity index (χ3n) is 1.86. The van der Waals surface area contributed by atoms with E-state index in [4.69, 9.17) is 0 Å². The summed E-state index contributed by atoms with van der Waals surface area (Å²) in [5.74, 6) is 0. The second-order valence-electron chi connectivity index (χ2n) is 2.92. The zero-order valence-corrected chi connectivity index (χ0v) is 7.56. The van der Waals surface area contributed by atoms with Crippen LogP contribution >= 0.6 is 0 Å². The fourth-order valence-electron chi connectivity index (χ4n) is 1.28. The van der Waals surface area contributed by atoms with Crippen LogP contribution in [0, 0.1) is 0 Å². The summed E-state index contributed by atoms with van der Waals surface area (Å²) in [5, 5.41) is 0.633. The molecule has 0 amide bonds. The van der Waals surface area contributed by atoms with Crippen molar-refractivity contribution in [3.05, 3.63) is 16.7 Å². The molecule has 0 spiro atoms. The molecule has 0 N–H and O–H groups in total. The SMILES string of the molecule is O=S(=O)([O-])C=C=C1CCCCC1. The van der Waals surface area contributed by atoms with E-state index in [0.29, 0.717) is 5.41 Å². The highest BCUT2D eigenvalue weighted by atomic mass is 32.2. The summed E-state index contributed by atoms with van der Waals surface area (Å²) < 4.78 is 30.6. The largest absolute Gasteiger partial charge is 0.744 e. The molecular weight excluding hydrogens is 176 g/mol. The summed E-state index contributed by atoms with van der Waals surface area (Å²) in [6.07, 6.45) is 5.11. The zero-order valence-electron chi connectivity index (χ0n) is 6.75. The van der Waals surface area contributed by atoms with Gasteiger partial charge >= 0.3 is 0 Å². The minimum atomic E-state index is -4.23. The molecule has 0 heterocycles. The van der Waals surface area contributed by atoms with Crippen LogP contribution in [0.3, 0.4) is 0 Å². The lowest BCUT2D eigenvalue weighted by Crippen LogP contribution is -1.93. The Morgan fingerprint density at radius 2 is 1.83 bits per heavy atom. The van der Waals surface area contributed by atoms with Gasteiger partial charge in [0.15, 0.2) is 0 Å². The second-order valence-corrected chi connectivity index (χ2v) is 4.14. The number of rotatable bonds is 1. The van der Waals surface area contributed by atoms with Gasteiger partial charge in [-0.3, -0.25) is 0 Å². The maximum absolute atomic E-state index is 10.2. The van der Waals surface area contributed by atoms with E-state index < -0.39 is 10.1 Å². The van der Waals surface area contributed by atoms with Crippen LogP contribution in [0.4, 0.5) is 0 Å². The summed E-state index contributed by atoms with van der Waals surface area (Å²) in [6.45, 7) is 0. The van der Waals surface area contributed by atoms with Crippen LogP contribution in [0.1, 0.15) is 32.1 Å². The first-order chi connectivity index (χ1) is 5.58. The number of allylic oxidation sites excluding steroid dienone is 1. The average Bonchev–Trinajstić information content (AvgIpc) is 2.02. The fourth-order valence-corrected chi connectivity index (χ4v) is 1.59. The van der Waals surface area contributed by atoms with Crippen LogP contribution in [-0.4, -0.2) is 13.0 Å². The topological polar surface area (TPSA) is 57.2 Å². The molecule has 0 unspecified atom stereocenters. The summed E-state index contributed by atoms with van der Waals surface area (Å²) in [6, 6.07) is 0. The van der Waals surface area contributed by atoms with Crippen molar-refractivity contribution >= 4 is 10.1 Å². The molecule has 0 aromatic heterocycles. The first-order valence-corrected chi connectivity index (χ1v) is 5.45. The monoisotopic (exact) mass is 187 g/mol. The average molecular weight is 187 g/mol. The molecule has 0 atom stereocenters. The highest BCUT2D eigenvalue weighted by Crippen LogP contribution is 2.21. The van der Waals surface area contributed by atoms with Crippen LogP contribution in [0.15, 0.2) is 16.7 Å². The van der Waals surface area contributed by atoms with Crippen molar-refractivity contribution in [2.24, 2.45) is 0 Å². The molecule has 1 fully saturated rings. The molecule has 1 aliphatic carbocycles. The van der Waals surface area contributed by atoms with Crippen LogP contribution < -0.4 is 0 Å². The minimum Gasteiger partial charge on any atom is -0.744 e. The molecule has 1 saturated carbocycles. The first kappa shape index (κ1) is 9.52. The summed E-state index contributed by atoms with van der Waals surface area (Å²) in [7, 11) is -4.23. The Labute approximate surface area is 72.5 Å².